The summed E-state index contributed by atoms with van der Waals surface area (Å²) in [7, 11) is 0. The number of carbonyl (C=O) groups is 2. The minimum absolute atomic E-state index is 0.0326. The summed E-state index contributed by atoms with van der Waals surface area (Å²) in [6.07, 6.45) is -2.66. The monoisotopic (exact) mass is 836 g/mol. The minimum Gasteiger partial charge on any atom is -0.494 e. The van der Waals surface area contributed by atoms with Gasteiger partial charge in [-0.2, -0.15) is 57.1 Å². The van der Waals surface area contributed by atoms with Crippen LogP contribution >= 0.6 is 0 Å². The molecule has 0 amide bonds. The van der Waals surface area contributed by atoms with Crippen molar-refractivity contribution in [3.05, 3.63) is 78.4 Å². The van der Waals surface area contributed by atoms with E-state index in [0.717, 1.165) is 25.7 Å². The second-order valence-corrected chi connectivity index (χ2v) is 12.8. The van der Waals surface area contributed by atoms with Gasteiger partial charge in [-0.15, -0.1) is 0 Å². The van der Waals surface area contributed by atoms with Crippen LogP contribution in [0.4, 0.5) is 57.1 Å². The molecular weight excluding hydrogens is 799 g/mol. The Morgan fingerprint density at radius 2 is 1.05 bits per heavy atom. The molecule has 0 saturated carbocycles. The second kappa shape index (κ2) is 18.7. The van der Waals surface area contributed by atoms with Gasteiger partial charge in [0.25, 0.3) is 0 Å². The highest BCUT2D eigenvalue weighted by molar-refractivity contribution is 5.91. The van der Waals surface area contributed by atoms with Gasteiger partial charge in [-0.1, -0.05) is 50.5 Å². The molecule has 19 heteroatoms. The summed E-state index contributed by atoms with van der Waals surface area (Å²) in [6, 6.07) is 19.4. The van der Waals surface area contributed by atoms with Crippen molar-refractivity contribution in [1.82, 2.24) is 0 Å². The molecule has 0 saturated heterocycles. The topological polar surface area (TPSA) is 71.1 Å². The van der Waals surface area contributed by atoms with E-state index < -0.39 is 60.8 Å². The number of unbranched alkanes of at least 4 members (excludes halogenated alkanes) is 4. The summed E-state index contributed by atoms with van der Waals surface area (Å²) in [6.45, 7) is 2.71. The summed E-state index contributed by atoms with van der Waals surface area (Å²) in [5.74, 6) is -41.8. The molecule has 0 N–H and O–H groups in total. The van der Waals surface area contributed by atoms with Crippen molar-refractivity contribution in [3.8, 4) is 28.4 Å². The van der Waals surface area contributed by atoms with Crippen LogP contribution in [0, 0.1) is 0 Å². The molecule has 3 aromatic carbocycles. The number of esters is 2. The van der Waals surface area contributed by atoms with E-state index in [1.165, 1.54) is 18.6 Å². The standard InChI is InChI=1S/C38H37F13O6/c1-3-4-5-6-9-24(2)56-29-20-14-27(15-21-29)31(52)57-30-18-12-26(13-19-30)25-10-16-28(17-11-25)54-22-7-8-23-55-32(53)33(39,40)34(41,42)35(43,44)36(45,46)37(47,48)38(49,50)51/h10-21,24H,3-9,22-23H2,1-2H3/t24-/m0/s1. The summed E-state index contributed by atoms with van der Waals surface area (Å²) >= 11 is 0. The maximum absolute atomic E-state index is 13.9. The molecule has 0 aliphatic heterocycles. The predicted octanol–water partition coefficient (Wildman–Crippen LogP) is 11.8. The van der Waals surface area contributed by atoms with Crippen molar-refractivity contribution in [3.63, 3.8) is 0 Å². The summed E-state index contributed by atoms with van der Waals surface area (Å²) in [5, 5.41) is 0. The van der Waals surface area contributed by atoms with Gasteiger partial charge in [0, 0.05) is 0 Å². The van der Waals surface area contributed by atoms with Crippen molar-refractivity contribution in [1.29, 1.82) is 0 Å². The van der Waals surface area contributed by atoms with Gasteiger partial charge in [-0.3, -0.25) is 0 Å². The quantitative estimate of drug-likeness (QED) is 0.0461. The van der Waals surface area contributed by atoms with Crippen molar-refractivity contribution >= 4 is 11.9 Å². The van der Waals surface area contributed by atoms with Gasteiger partial charge in [0.1, 0.15) is 17.2 Å². The Morgan fingerprint density at radius 3 is 1.58 bits per heavy atom. The Balaban J connectivity index is 1.44. The largest absolute Gasteiger partial charge is 0.494 e. The summed E-state index contributed by atoms with van der Waals surface area (Å²) in [4.78, 5) is 24.1. The van der Waals surface area contributed by atoms with Crippen molar-refractivity contribution in [2.45, 2.75) is 101 Å². The lowest BCUT2D eigenvalue weighted by Gasteiger charge is -2.38. The number of hydrogen-bond donors (Lipinski definition) is 0. The SMILES string of the molecule is CCCCCC[C@H](C)Oc1ccc(C(=O)Oc2ccc(-c3ccc(OCCCCOC(=O)C(F)(F)C(F)(F)C(F)(F)C(F)(F)C(F)(F)C(F)(F)F)cc3)cc2)cc1. The molecule has 57 heavy (non-hydrogen) atoms. The second-order valence-electron chi connectivity index (χ2n) is 12.8. The lowest BCUT2D eigenvalue weighted by molar-refractivity contribution is -0.437. The fourth-order valence-corrected chi connectivity index (χ4v) is 4.99. The smallest absolute Gasteiger partial charge is 0.460 e. The number of halogens is 13. The van der Waals surface area contributed by atoms with Gasteiger partial charge in [0.05, 0.1) is 24.9 Å². The Hall–Kier alpha value is -4.71. The third-order valence-electron chi connectivity index (χ3n) is 8.37. The normalized spacial score (nSPS) is 13.5. The zero-order valence-electron chi connectivity index (χ0n) is 30.2. The van der Waals surface area contributed by atoms with E-state index in [9.17, 15) is 66.7 Å². The highest BCUT2D eigenvalue weighted by atomic mass is 19.4. The Bertz CT molecular complexity index is 1740. The molecule has 0 heterocycles. The van der Waals surface area contributed by atoms with Crippen molar-refractivity contribution in [2.24, 2.45) is 0 Å². The third kappa shape index (κ3) is 10.8. The van der Waals surface area contributed by atoms with Crippen LogP contribution in [0.3, 0.4) is 0 Å². The highest BCUT2D eigenvalue weighted by Gasteiger charge is 2.92. The first-order valence-corrected chi connectivity index (χ1v) is 17.4. The summed E-state index contributed by atoms with van der Waals surface area (Å²) in [5.41, 5.74) is 1.73. The van der Waals surface area contributed by atoms with Gasteiger partial charge in [0.2, 0.25) is 0 Å². The van der Waals surface area contributed by atoms with Crippen LogP contribution in [0.1, 0.15) is 69.2 Å². The third-order valence-corrected chi connectivity index (χ3v) is 8.37. The molecule has 0 aliphatic carbocycles. The number of carbonyl (C=O) groups excluding carboxylic acids is 2. The molecule has 316 valence electrons. The number of benzene rings is 3. The average Bonchev–Trinajstić information content (AvgIpc) is 3.14. The molecule has 1 atom stereocenters. The van der Waals surface area contributed by atoms with Gasteiger partial charge >= 0.3 is 47.7 Å². The number of hydrogen-bond acceptors (Lipinski definition) is 6. The van der Waals surface area contributed by atoms with Gasteiger partial charge in [-0.25, -0.2) is 9.59 Å². The number of rotatable bonds is 21. The lowest BCUT2D eigenvalue weighted by Crippen LogP contribution is -2.71. The molecule has 3 rings (SSSR count). The molecule has 0 fully saturated rings. The molecule has 0 aromatic heterocycles. The molecule has 0 spiro atoms. The average molecular weight is 837 g/mol. The molecule has 3 aromatic rings. The van der Waals surface area contributed by atoms with Crippen LogP contribution < -0.4 is 14.2 Å². The van der Waals surface area contributed by atoms with Crippen molar-refractivity contribution < 1.29 is 85.6 Å². The number of ether oxygens (including phenoxy) is 4. The Morgan fingerprint density at radius 1 is 0.561 bits per heavy atom. The van der Waals surface area contributed by atoms with E-state index in [-0.39, 0.29) is 30.6 Å². The van der Waals surface area contributed by atoms with Crippen LogP contribution in [0.5, 0.6) is 17.2 Å². The first-order valence-electron chi connectivity index (χ1n) is 17.4. The van der Waals surface area contributed by atoms with Gasteiger partial charge < -0.3 is 18.9 Å². The molecule has 0 bridgehead atoms. The molecular formula is C38H37F13O6. The first kappa shape index (κ1) is 46.7. The maximum atomic E-state index is 13.9. The fraction of sp³-hybridized carbons (Fsp3) is 0.474. The zero-order chi connectivity index (χ0) is 42.9. The van der Waals surface area contributed by atoms with Crippen LogP contribution in [-0.2, 0) is 9.53 Å². The maximum Gasteiger partial charge on any atom is 0.460 e. The van der Waals surface area contributed by atoms with E-state index in [1.807, 2.05) is 6.92 Å². The van der Waals surface area contributed by atoms with E-state index in [0.29, 0.717) is 22.4 Å². The number of alkyl halides is 13. The van der Waals surface area contributed by atoms with E-state index in [1.54, 1.807) is 60.7 Å². The fourth-order valence-electron chi connectivity index (χ4n) is 4.99. The molecule has 6 nitrogen and oxygen atoms in total. The molecule has 0 aliphatic rings. The lowest BCUT2D eigenvalue weighted by atomic mass is 9.94. The summed E-state index contributed by atoms with van der Waals surface area (Å²) < 4.78 is 192. The molecule has 0 radical (unpaired) electrons. The van der Waals surface area contributed by atoms with Crippen molar-refractivity contribution in [2.75, 3.05) is 13.2 Å². The predicted molar refractivity (Wildman–Crippen MR) is 179 cm³/mol. The van der Waals surface area contributed by atoms with E-state index in [4.69, 9.17) is 14.2 Å². The Kier molecular flexibility index (Phi) is 15.3. The van der Waals surface area contributed by atoms with Crippen LogP contribution in [0.15, 0.2) is 72.8 Å². The minimum atomic E-state index is -8.11. The Labute approximate surface area is 318 Å². The van der Waals surface area contributed by atoms with Gasteiger partial charge in [0.15, 0.2) is 0 Å². The van der Waals surface area contributed by atoms with Gasteiger partial charge in [-0.05, 0) is 92.3 Å². The van der Waals surface area contributed by atoms with Crippen LogP contribution in [0.2, 0.25) is 0 Å². The first-order chi connectivity index (χ1) is 26.4. The van der Waals surface area contributed by atoms with Crippen LogP contribution in [-0.4, -0.2) is 67.0 Å². The molecule has 0 unspecified atom stereocenters. The highest BCUT2D eigenvalue weighted by Crippen LogP contribution is 2.60. The van der Waals surface area contributed by atoms with E-state index >= 15 is 0 Å². The van der Waals surface area contributed by atoms with E-state index in [2.05, 4.69) is 11.7 Å². The van der Waals surface area contributed by atoms with Crippen LogP contribution in [0.25, 0.3) is 11.1 Å². The zero-order valence-corrected chi connectivity index (χ0v) is 30.2.